The SMILES string of the molecule is COc1c(N)ncnc1N1CCOCC1. The van der Waals surface area contributed by atoms with E-state index in [-0.39, 0.29) is 0 Å². The second-order valence-corrected chi connectivity index (χ2v) is 3.22. The monoisotopic (exact) mass is 210 g/mol. The van der Waals surface area contributed by atoms with Crippen molar-refractivity contribution >= 4 is 11.6 Å². The van der Waals surface area contributed by atoms with Gasteiger partial charge in [0.05, 0.1) is 20.3 Å². The molecule has 0 bridgehead atoms. The Morgan fingerprint density at radius 3 is 2.80 bits per heavy atom. The Hall–Kier alpha value is -1.56. The summed E-state index contributed by atoms with van der Waals surface area (Å²) in [7, 11) is 1.57. The van der Waals surface area contributed by atoms with Crippen LogP contribution in [0.5, 0.6) is 5.75 Å². The summed E-state index contributed by atoms with van der Waals surface area (Å²) in [5.41, 5.74) is 5.70. The van der Waals surface area contributed by atoms with E-state index in [1.54, 1.807) is 7.11 Å². The molecule has 82 valence electrons. The molecular formula is C9H14N4O2. The maximum atomic E-state index is 5.70. The second-order valence-electron chi connectivity index (χ2n) is 3.22. The molecule has 1 aliphatic heterocycles. The van der Waals surface area contributed by atoms with Gasteiger partial charge in [-0.2, -0.15) is 0 Å². The van der Waals surface area contributed by atoms with Gasteiger partial charge in [0.15, 0.2) is 11.6 Å². The molecule has 1 aromatic heterocycles. The first kappa shape index (κ1) is 9.97. The first-order valence-corrected chi connectivity index (χ1v) is 4.80. The molecule has 1 aliphatic rings. The molecule has 6 heteroatoms. The largest absolute Gasteiger partial charge is 0.490 e. The zero-order chi connectivity index (χ0) is 10.7. The number of hydrogen-bond acceptors (Lipinski definition) is 6. The van der Waals surface area contributed by atoms with Crippen LogP contribution in [0.25, 0.3) is 0 Å². The van der Waals surface area contributed by atoms with Crippen LogP contribution in [-0.4, -0.2) is 43.4 Å². The number of aromatic nitrogens is 2. The topological polar surface area (TPSA) is 73.5 Å². The van der Waals surface area contributed by atoms with E-state index in [2.05, 4.69) is 14.9 Å². The van der Waals surface area contributed by atoms with E-state index in [1.165, 1.54) is 6.33 Å². The Balaban J connectivity index is 2.29. The van der Waals surface area contributed by atoms with Crippen molar-refractivity contribution in [3.05, 3.63) is 6.33 Å². The molecule has 0 spiro atoms. The van der Waals surface area contributed by atoms with Gasteiger partial charge in [-0.05, 0) is 0 Å². The van der Waals surface area contributed by atoms with Crippen LogP contribution >= 0.6 is 0 Å². The second kappa shape index (κ2) is 4.31. The fraction of sp³-hybridized carbons (Fsp3) is 0.556. The number of anilines is 2. The van der Waals surface area contributed by atoms with Gasteiger partial charge >= 0.3 is 0 Å². The predicted molar refractivity (Wildman–Crippen MR) is 56.0 cm³/mol. The number of morpholine rings is 1. The van der Waals surface area contributed by atoms with Crippen molar-refractivity contribution in [3.63, 3.8) is 0 Å². The van der Waals surface area contributed by atoms with E-state index in [1.807, 2.05) is 0 Å². The van der Waals surface area contributed by atoms with Crippen molar-refractivity contribution in [2.24, 2.45) is 0 Å². The summed E-state index contributed by atoms with van der Waals surface area (Å²) in [6.07, 6.45) is 1.45. The van der Waals surface area contributed by atoms with E-state index >= 15 is 0 Å². The molecule has 2 heterocycles. The van der Waals surface area contributed by atoms with Crippen LogP contribution in [0.15, 0.2) is 6.33 Å². The molecule has 1 aromatic rings. The zero-order valence-electron chi connectivity index (χ0n) is 8.64. The highest BCUT2D eigenvalue weighted by atomic mass is 16.5. The van der Waals surface area contributed by atoms with Crippen LogP contribution in [0.3, 0.4) is 0 Å². The molecule has 0 amide bonds. The number of nitrogens with zero attached hydrogens (tertiary/aromatic N) is 3. The average molecular weight is 210 g/mol. The van der Waals surface area contributed by atoms with Crippen LogP contribution in [0.2, 0.25) is 0 Å². The predicted octanol–water partition coefficient (Wildman–Crippen LogP) is -0.0960. The molecule has 6 nitrogen and oxygen atoms in total. The van der Waals surface area contributed by atoms with Gasteiger partial charge in [-0.25, -0.2) is 9.97 Å². The number of rotatable bonds is 2. The molecule has 0 aliphatic carbocycles. The van der Waals surface area contributed by atoms with Gasteiger partial charge in [-0.1, -0.05) is 0 Å². The van der Waals surface area contributed by atoms with Crippen molar-refractivity contribution in [2.45, 2.75) is 0 Å². The molecule has 1 saturated heterocycles. The molecule has 1 fully saturated rings. The number of ether oxygens (including phenoxy) is 2. The Kier molecular flexibility index (Phi) is 2.86. The maximum absolute atomic E-state index is 5.70. The quantitative estimate of drug-likeness (QED) is 0.735. The lowest BCUT2D eigenvalue weighted by Crippen LogP contribution is -2.37. The summed E-state index contributed by atoms with van der Waals surface area (Å²) >= 11 is 0. The zero-order valence-corrected chi connectivity index (χ0v) is 8.64. The Morgan fingerprint density at radius 2 is 2.13 bits per heavy atom. The molecule has 0 radical (unpaired) electrons. The third-order valence-corrected chi connectivity index (χ3v) is 2.33. The summed E-state index contributed by atoms with van der Waals surface area (Å²) in [5, 5.41) is 0. The van der Waals surface area contributed by atoms with Gasteiger partial charge in [0.1, 0.15) is 6.33 Å². The van der Waals surface area contributed by atoms with Gasteiger partial charge in [-0.15, -0.1) is 0 Å². The normalized spacial score (nSPS) is 16.5. The molecule has 0 saturated carbocycles. The van der Waals surface area contributed by atoms with Gasteiger partial charge in [-0.3, -0.25) is 0 Å². The summed E-state index contributed by atoms with van der Waals surface area (Å²) in [4.78, 5) is 10.2. The van der Waals surface area contributed by atoms with E-state index in [9.17, 15) is 0 Å². The van der Waals surface area contributed by atoms with Crippen molar-refractivity contribution in [2.75, 3.05) is 44.0 Å². The summed E-state index contributed by atoms with van der Waals surface area (Å²) in [6.45, 7) is 3.00. The highest BCUT2D eigenvalue weighted by Crippen LogP contribution is 2.29. The third kappa shape index (κ3) is 1.94. The number of hydrogen-bond donors (Lipinski definition) is 1. The van der Waals surface area contributed by atoms with E-state index in [0.29, 0.717) is 24.8 Å². The van der Waals surface area contributed by atoms with Gasteiger partial charge in [0.25, 0.3) is 0 Å². The first-order chi connectivity index (χ1) is 7.33. The van der Waals surface area contributed by atoms with Crippen molar-refractivity contribution in [1.29, 1.82) is 0 Å². The molecule has 15 heavy (non-hydrogen) atoms. The van der Waals surface area contributed by atoms with Crippen LogP contribution in [-0.2, 0) is 4.74 Å². The van der Waals surface area contributed by atoms with Crippen molar-refractivity contribution in [1.82, 2.24) is 9.97 Å². The Morgan fingerprint density at radius 1 is 1.40 bits per heavy atom. The summed E-state index contributed by atoms with van der Waals surface area (Å²) in [6, 6.07) is 0. The third-order valence-electron chi connectivity index (χ3n) is 2.33. The fourth-order valence-electron chi connectivity index (χ4n) is 1.57. The van der Waals surface area contributed by atoms with E-state index in [0.717, 1.165) is 18.9 Å². The number of nitrogens with two attached hydrogens (primary N) is 1. The lowest BCUT2D eigenvalue weighted by Gasteiger charge is -2.28. The van der Waals surface area contributed by atoms with Gasteiger partial charge in [0, 0.05) is 13.1 Å². The molecule has 0 aromatic carbocycles. The molecular weight excluding hydrogens is 196 g/mol. The molecule has 2 rings (SSSR count). The van der Waals surface area contributed by atoms with Gasteiger partial charge in [0.2, 0.25) is 5.75 Å². The summed E-state index contributed by atoms with van der Waals surface area (Å²) in [5.74, 6) is 1.65. The van der Waals surface area contributed by atoms with Crippen molar-refractivity contribution < 1.29 is 9.47 Å². The highest BCUT2D eigenvalue weighted by Gasteiger charge is 2.18. The Labute approximate surface area is 88.0 Å². The molecule has 0 unspecified atom stereocenters. The maximum Gasteiger partial charge on any atom is 0.204 e. The van der Waals surface area contributed by atoms with E-state index < -0.39 is 0 Å². The Bertz CT molecular complexity index is 339. The fourth-order valence-corrected chi connectivity index (χ4v) is 1.57. The van der Waals surface area contributed by atoms with Crippen LogP contribution in [0.4, 0.5) is 11.6 Å². The number of nitrogen functional groups attached to an aromatic ring is 1. The minimum atomic E-state index is 0.369. The lowest BCUT2D eigenvalue weighted by atomic mass is 10.3. The van der Waals surface area contributed by atoms with Gasteiger partial charge < -0.3 is 20.1 Å². The smallest absolute Gasteiger partial charge is 0.204 e. The highest BCUT2D eigenvalue weighted by molar-refractivity contribution is 5.62. The standard InChI is InChI=1S/C9H14N4O2/c1-14-7-8(10)11-6-12-9(7)13-2-4-15-5-3-13/h6H,2-5H2,1H3,(H2,10,11,12). The minimum Gasteiger partial charge on any atom is -0.490 e. The molecule has 2 N–H and O–H groups in total. The van der Waals surface area contributed by atoms with Crippen LogP contribution in [0, 0.1) is 0 Å². The average Bonchev–Trinajstić information content (AvgIpc) is 2.30. The lowest BCUT2D eigenvalue weighted by molar-refractivity contribution is 0.122. The first-order valence-electron chi connectivity index (χ1n) is 4.80. The van der Waals surface area contributed by atoms with Crippen LogP contribution < -0.4 is 15.4 Å². The molecule has 0 atom stereocenters. The van der Waals surface area contributed by atoms with E-state index in [4.69, 9.17) is 15.2 Å². The van der Waals surface area contributed by atoms with Crippen LogP contribution in [0.1, 0.15) is 0 Å². The summed E-state index contributed by atoms with van der Waals surface area (Å²) < 4.78 is 10.5. The van der Waals surface area contributed by atoms with Crippen molar-refractivity contribution in [3.8, 4) is 5.75 Å². The number of methoxy groups -OCH3 is 1. The minimum absolute atomic E-state index is 0.369.